The Bertz CT molecular complexity index is 38.0. The topological polar surface area (TPSA) is 0 Å². The minimum Gasteiger partial charge on any atom is -0.0648 e. The maximum absolute atomic E-state index is 7.42. The van der Waals surface area contributed by atoms with Crippen molar-refractivity contribution in [2.45, 2.75) is 33.6 Å². The van der Waals surface area contributed by atoms with Gasteiger partial charge in [-0.25, -0.2) is 0 Å². The van der Waals surface area contributed by atoms with Crippen LogP contribution in [-0.2, 0) is 0 Å². The zero-order valence-electron chi connectivity index (χ0n) is 5.41. The molecule has 0 heteroatoms. The summed E-state index contributed by atoms with van der Waals surface area (Å²) in [6.45, 7) is 13.5. The molecule has 0 unspecified atom stereocenters. The first-order chi connectivity index (χ1) is 3.12. The highest BCUT2D eigenvalue weighted by atomic mass is 14.1. The third-order valence-electron chi connectivity index (χ3n) is 1.56. The Kier molecular flexibility index (Phi) is 2.34. The number of hydrogen-bond acceptors (Lipinski definition) is 0. The van der Waals surface area contributed by atoms with Crippen LogP contribution < -0.4 is 0 Å². The zero-order chi connectivity index (χ0) is 5.91. The van der Waals surface area contributed by atoms with Crippen molar-refractivity contribution in [3.8, 4) is 0 Å². The van der Waals surface area contributed by atoms with Crippen molar-refractivity contribution < 1.29 is 0 Å². The average Bonchev–Trinajstić information content (AvgIpc) is 1.68. The average molecular weight is 97.2 g/mol. The van der Waals surface area contributed by atoms with Gasteiger partial charge in [-0.2, -0.15) is 0 Å². The molecule has 0 N–H and O–H groups in total. The highest BCUT2D eigenvalue weighted by Crippen LogP contribution is 2.22. The summed E-state index contributed by atoms with van der Waals surface area (Å²) in [5.74, 6) is 0. The molecule has 0 fully saturated rings. The molecule has 7 heavy (non-hydrogen) atoms. The molecule has 0 amide bonds. The van der Waals surface area contributed by atoms with Crippen molar-refractivity contribution in [2.75, 3.05) is 0 Å². The number of rotatable bonds is 2. The fourth-order valence-electron chi connectivity index (χ4n) is 0.250. The van der Waals surface area contributed by atoms with E-state index in [1.807, 2.05) is 6.92 Å². The van der Waals surface area contributed by atoms with Crippen LogP contribution in [-0.4, -0.2) is 0 Å². The van der Waals surface area contributed by atoms with Crippen LogP contribution in [0.3, 0.4) is 0 Å². The molecule has 0 aromatic heterocycles. The van der Waals surface area contributed by atoms with Gasteiger partial charge < -0.3 is 0 Å². The minimum absolute atomic E-state index is 0.167. The van der Waals surface area contributed by atoms with Crippen LogP contribution in [0.5, 0.6) is 0 Å². The molecule has 41 valence electrons. The minimum atomic E-state index is -0.167. The summed E-state index contributed by atoms with van der Waals surface area (Å²) in [4.78, 5) is 0. The van der Waals surface area contributed by atoms with Gasteiger partial charge in [0.05, 0.1) is 0 Å². The molecular formula is C7H13. The standard InChI is InChI=1S/C7H13/c1-5-7(3,4)6-2/h5-6H2,1-3H3. The lowest BCUT2D eigenvalue weighted by atomic mass is 9.88. The van der Waals surface area contributed by atoms with Crippen LogP contribution in [0.15, 0.2) is 0 Å². The summed E-state index contributed by atoms with van der Waals surface area (Å²) < 4.78 is 0. The van der Waals surface area contributed by atoms with E-state index < -0.39 is 0 Å². The molecule has 0 bridgehead atoms. The van der Waals surface area contributed by atoms with Crippen molar-refractivity contribution in [2.24, 2.45) is 5.41 Å². The van der Waals surface area contributed by atoms with Gasteiger partial charge in [0.15, 0.2) is 0 Å². The van der Waals surface area contributed by atoms with Gasteiger partial charge in [-0.1, -0.05) is 33.6 Å². The molecule has 0 spiro atoms. The first-order valence-electron chi connectivity index (χ1n) is 2.87. The van der Waals surface area contributed by atoms with E-state index in [0.29, 0.717) is 0 Å². The summed E-state index contributed by atoms with van der Waals surface area (Å²) in [6, 6.07) is 0. The SMILES string of the molecule is [C]C(C)(CC)CC. The molecule has 0 aliphatic heterocycles. The van der Waals surface area contributed by atoms with Crippen molar-refractivity contribution in [3.05, 3.63) is 6.92 Å². The van der Waals surface area contributed by atoms with Crippen LogP contribution in [0.4, 0.5) is 0 Å². The van der Waals surface area contributed by atoms with Gasteiger partial charge >= 0.3 is 0 Å². The van der Waals surface area contributed by atoms with Gasteiger partial charge in [0.2, 0.25) is 0 Å². The molecule has 0 saturated carbocycles. The second kappa shape index (κ2) is 2.34. The van der Waals surface area contributed by atoms with E-state index in [4.69, 9.17) is 6.92 Å². The Morgan fingerprint density at radius 1 is 1.29 bits per heavy atom. The van der Waals surface area contributed by atoms with Crippen LogP contribution in [0.25, 0.3) is 0 Å². The Morgan fingerprint density at radius 3 is 1.57 bits per heavy atom. The van der Waals surface area contributed by atoms with Crippen molar-refractivity contribution in [3.63, 3.8) is 0 Å². The van der Waals surface area contributed by atoms with E-state index in [0.717, 1.165) is 12.8 Å². The van der Waals surface area contributed by atoms with Crippen LogP contribution in [0, 0.1) is 12.3 Å². The molecular weight excluding hydrogens is 84.1 g/mol. The summed E-state index contributed by atoms with van der Waals surface area (Å²) in [5.41, 5.74) is -0.167. The predicted molar refractivity (Wildman–Crippen MR) is 31.9 cm³/mol. The van der Waals surface area contributed by atoms with E-state index in [9.17, 15) is 0 Å². The molecule has 0 aromatic rings. The second-order valence-electron chi connectivity index (χ2n) is 2.27. The van der Waals surface area contributed by atoms with E-state index in [-0.39, 0.29) is 5.41 Å². The fraction of sp³-hybridized carbons (Fsp3) is 0.857. The summed E-state index contributed by atoms with van der Waals surface area (Å²) in [7, 11) is 0. The quantitative estimate of drug-likeness (QED) is 0.496. The van der Waals surface area contributed by atoms with E-state index in [2.05, 4.69) is 13.8 Å². The van der Waals surface area contributed by atoms with Gasteiger partial charge in [-0.05, 0) is 12.3 Å². The molecule has 0 aliphatic rings. The molecule has 0 saturated heterocycles. The maximum atomic E-state index is 7.42. The summed E-state index contributed by atoms with van der Waals surface area (Å²) in [6.07, 6.45) is 1.92. The molecule has 0 heterocycles. The lowest BCUT2D eigenvalue weighted by molar-refractivity contribution is 0.391. The van der Waals surface area contributed by atoms with Gasteiger partial charge in [0, 0.05) is 0 Å². The zero-order valence-corrected chi connectivity index (χ0v) is 5.41. The van der Waals surface area contributed by atoms with Crippen molar-refractivity contribution in [1.82, 2.24) is 0 Å². The summed E-state index contributed by atoms with van der Waals surface area (Å²) in [5, 5.41) is 0. The van der Waals surface area contributed by atoms with E-state index >= 15 is 0 Å². The molecule has 3 radical (unpaired) electrons. The Morgan fingerprint density at radius 2 is 1.57 bits per heavy atom. The van der Waals surface area contributed by atoms with Gasteiger partial charge in [-0.3, -0.25) is 0 Å². The largest absolute Gasteiger partial charge is 0.0648 e. The van der Waals surface area contributed by atoms with Gasteiger partial charge in [0.1, 0.15) is 0 Å². The Hall–Kier alpha value is 0. The summed E-state index contributed by atoms with van der Waals surface area (Å²) >= 11 is 0. The first kappa shape index (κ1) is 7.00. The van der Waals surface area contributed by atoms with Crippen molar-refractivity contribution >= 4 is 0 Å². The molecule has 0 atom stereocenters. The third-order valence-corrected chi connectivity index (χ3v) is 1.56. The first-order valence-corrected chi connectivity index (χ1v) is 2.87. The van der Waals surface area contributed by atoms with Crippen LogP contribution >= 0.6 is 0 Å². The molecule has 0 aromatic carbocycles. The highest BCUT2D eigenvalue weighted by molar-refractivity contribution is 4.71. The Balaban J connectivity index is 3.36. The lowest BCUT2D eigenvalue weighted by Gasteiger charge is -2.17. The Labute approximate surface area is 46.9 Å². The third kappa shape index (κ3) is 2.67. The van der Waals surface area contributed by atoms with Crippen molar-refractivity contribution in [1.29, 1.82) is 0 Å². The van der Waals surface area contributed by atoms with E-state index in [1.54, 1.807) is 0 Å². The molecule has 0 nitrogen and oxygen atoms in total. The van der Waals surface area contributed by atoms with Crippen LogP contribution in [0.2, 0.25) is 0 Å². The highest BCUT2D eigenvalue weighted by Gasteiger charge is 2.10. The molecule has 0 aliphatic carbocycles. The smallest absolute Gasteiger partial charge is 0.00231 e. The normalized spacial score (nSPS) is 12.0. The maximum Gasteiger partial charge on any atom is -0.00231 e. The van der Waals surface area contributed by atoms with Crippen LogP contribution in [0.1, 0.15) is 33.6 Å². The number of hydrogen-bond donors (Lipinski definition) is 0. The fourth-order valence-corrected chi connectivity index (χ4v) is 0.250. The predicted octanol–water partition coefficient (Wildman–Crippen LogP) is 2.40. The lowest BCUT2D eigenvalue weighted by Crippen LogP contribution is -2.06. The molecule has 0 rings (SSSR count). The second-order valence-corrected chi connectivity index (χ2v) is 2.27. The van der Waals surface area contributed by atoms with Gasteiger partial charge in [-0.15, -0.1) is 0 Å². The van der Waals surface area contributed by atoms with E-state index in [1.165, 1.54) is 0 Å². The van der Waals surface area contributed by atoms with Gasteiger partial charge in [0.25, 0.3) is 0 Å². The monoisotopic (exact) mass is 97.1 g/mol.